The van der Waals surface area contributed by atoms with E-state index in [0.29, 0.717) is 18.7 Å². The number of hydrogen-bond acceptors (Lipinski definition) is 6. The van der Waals surface area contributed by atoms with Crippen molar-refractivity contribution in [2.75, 3.05) is 31.1 Å². The average Bonchev–Trinajstić information content (AvgIpc) is 3.20. The van der Waals surface area contributed by atoms with Crippen molar-refractivity contribution in [3.8, 4) is 0 Å². The van der Waals surface area contributed by atoms with E-state index in [4.69, 9.17) is 15.5 Å². The van der Waals surface area contributed by atoms with Crippen molar-refractivity contribution in [1.82, 2.24) is 10.3 Å². The summed E-state index contributed by atoms with van der Waals surface area (Å²) < 4.78 is 6.71. The number of nitrogens with zero attached hydrogens (tertiary/aromatic N) is 2. The number of benzene rings is 1. The van der Waals surface area contributed by atoms with Gasteiger partial charge in [0.25, 0.3) is 5.91 Å². The fourth-order valence-corrected chi connectivity index (χ4v) is 4.78. The van der Waals surface area contributed by atoms with Crippen molar-refractivity contribution >= 4 is 44.1 Å². The number of carbonyl (C=O) groups is 1. The van der Waals surface area contributed by atoms with Gasteiger partial charge < -0.3 is 20.7 Å². The fraction of sp³-hybridized carbons (Fsp3) is 0.478. The Labute approximate surface area is 181 Å². The molecule has 0 bridgehead atoms. The largest absolute Gasteiger partial charge is 0.377 e. The molecular weight excluding hydrogens is 396 g/mol. The molecular formula is C23H30N4O2S. The summed E-state index contributed by atoms with van der Waals surface area (Å²) >= 11 is 1.72. The zero-order valence-electron chi connectivity index (χ0n) is 17.9. The number of pyridine rings is 1. The van der Waals surface area contributed by atoms with Gasteiger partial charge in [-0.15, -0.1) is 11.3 Å². The lowest BCUT2D eigenvalue weighted by molar-refractivity contribution is 0.0746. The van der Waals surface area contributed by atoms with Crippen molar-refractivity contribution in [2.24, 2.45) is 5.73 Å². The SMILES string of the molecule is CC(C)OCCNC(=O)c1ccc2c(c1)nc(N1CCC(C)(N)CC1)c1ccsc12. The maximum absolute atomic E-state index is 12.6. The molecule has 6 nitrogen and oxygen atoms in total. The minimum atomic E-state index is -0.106. The number of aromatic nitrogens is 1. The molecule has 3 aromatic rings. The Bertz CT molecular complexity index is 1050. The summed E-state index contributed by atoms with van der Waals surface area (Å²) in [4.78, 5) is 19.9. The van der Waals surface area contributed by atoms with Gasteiger partial charge in [-0.3, -0.25) is 4.79 Å². The van der Waals surface area contributed by atoms with Gasteiger partial charge in [-0.2, -0.15) is 0 Å². The van der Waals surface area contributed by atoms with Crippen LogP contribution < -0.4 is 16.0 Å². The molecule has 30 heavy (non-hydrogen) atoms. The van der Waals surface area contributed by atoms with E-state index in [-0.39, 0.29) is 17.6 Å². The second-order valence-corrected chi connectivity index (χ2v) is 9.56. The number of nitrogens with one attached hydrogen (secondary N) is 1. The Morgan fingerprint density at radius 2 is 2.07 bits per heavy atom. The smallest absolute Gasteiger partial charge is 0.251 e. The Kier molecular flexibility index (Phi) is 5.95. The van der Waals surface area contributed by atoms with Gasteiger partial charge in [0.2, 0.25) is 0 Å². The number of piperidine rings is 1. The first-order valence-corrected chi connectivity index (χ1v) is 11.5. The van der Waals surface area contributed by atoms with Crippen LogP contribution in [0.5, 0.6) is 0 Å². The highest BCUT2D eigenvalue weighted by atomic mass is 32.1. The molecule has 1 aromatic carbocycles. The van der Waals surface area contributed by atoms with Crippen molar-refractivity contribution in [2.45, 2.75) is 45.3 Å². The van der Waals surface area contributed by atoms with Crippen LogP contribution in [0.2, 0.25) is 0 Å². The summed E-state index contributed by atoms with van der Waals surface area (Å²) in [6.45, 7) is 8.87. The number of fused-ring (bicyclic) bond motifs is 3. The highest BCUT2D eigenvalue weighted by molar-refractivity contribution is 7.18. The number of anilines is 1. The van der Waals surface area contributed by atoms with Gasteiger partial charge >= 0.3 is 0 Å². The molecule has 0 spiro atoms. The Morgan fingerprint density at radius 3 is 2.80 bits per heavy atom. The lowest BCUT2D eigenvalue weighted by Crippen LogP contribution is -2.48. The van der Waals surface area contributed by atoms with Gasteiger partial charge in [-0.1, -0.05) is 6.07 Å². The minimum absolute atomic E-state index is 0.101. The number of nitrogens with two attached hydrogens (primary N) is 1. The van der Waals surface area contributed by atoms with Gasteiger partial charge in [0.1, 0.15) is 5.82 Å². The topological polar surface area (TPSA) is 80.5 Å². The quantitative estimate of drug-likeness (QED) is 0.584. The van der Waals surface area contributed by atoms with E-state index in [1.54, 1.807) is 11.3 Å². The Morgan fingerprint density at radius 1 is 1.30 bits per heavy atom. The normalized spacial score (nSPS) is 16.5. The number of carbonyl (C=O) groups excluding carboxylic acids is 1. The first-order valence-electron chi connectivity index (χ1n) is 10.6. The first-order chi connectivity index (χ1) is 14.3. The molecule has 0 atom stereocenters. The van der Waals surface area contributed by atoms with Crippen LogP contribution in [0, 0.1) is 0 Å². The lowest BCUT2D eigenvalue weighted by atomic mass is 9.91. The molecule has 1 amide bonds. The van der Waals surface area contributed by atoms with E-state index in [2.05, 4.69) is 28.6 Å². The van der Waals surface area contributed by atoms with Crippen LogP contribution in [0.1, 0.15) is 44.0 Å². The third kappa shape index (κ3) is 4.43. The summed E-state index contributed by atoms with van der Waals surface area (Å²) in [5.74, 6) is 0.896. The van der Waals surface area contributed by atoms with Gasteiger partial charge in [0.05, 0.1) is 18.2 Å². The zero-order valence-corrected chi connectivity index (χ0v) is 18.7. The van der Waals surface area contributed by atoms with Crippen molar-refractivity contribution in [1.29, 1.82) is 0 Å². The molecule has 3 heterocycles. The van der Waals surface area contributed by atoms with Crippen molar-refractivity contribution in [3.63, 3.8) is 0 Å². The second-order valence-electron chi connectivity index (χ2n) is 8.65. The van der Waals surface area contributed by atoms with Crippen LogP contribution >= 0.6 is 11.3 Å². The van der Waals surface area contributed by atoms with Crippen LogP contribution in [-0.4, -0.2) is 48.8 Å². The zero-order chi connectivity index (χ0) is 21.3. The number of ether oxygens (including phenoxy) is 1. The summed E-state index contributed by atoms with van der Waals surface area (Å²) in [7, 11) is 0. The van der Waals surface area contributed by atoms with Gasteiger partial charge in [0.15, 0.2) is 0 Å². The number of hydrogen-bond donors (Lipinski definition) is 2. The maximum Gasteiger partial charge on any atom is 0.251 e. The molecule has 7 heteroatoms. The van der Waals surface area contributed by atoms with Crippen LogP contribution in [0.3, 0.4) is 0 Å². The Hall–Kier alpha value is -2.22. The fourth-order valence-electron chi connectivity index (χ4n) is 3.86. The van der Waals surface area contributed by atoms with Crippen molar-refractivity contribution < 1.29 is 9.53 Å². The van der Waals surface area contributed by atoms with E-state index in [1.165, 1.54) is 10.1 Å². The van der Waals surface area contributed by atoms with E-state index in [0.717, 1.165) is 42.7 Å². The molecule has 0 unspecified atom stereocenters. The molecule has 160 valence electrons. The molecule has 1 saturated heterocycles. The summed E-state index contributed by atoms with van der Waals surface area (Å²) in [6.07, 6.45) is 2.05. The molecule has 3 N–H and O–H groups in total. The highest BCUT2D eigenvalue weighted by Crippen LogP contribution is 2.37. The maximum atomic E-state index is 12.6. The number of rotatable bonds is 6. The molecule has 4 rings (SSSR count). The number of thiophene rings is 1. The molecule has 2 aromatic heterocycles. The van der Waals surface area contributed by atoms with E-state index in [9.17, 15) is 4.79 Å². The summed E-state index contributed by atoms with van der Waals surface area (Å²) in [5, 5.41) is 7.30. The minimum Gasteiger partial charge on any atom is -0.377 e. The van der Waals surface area contributed by atoms with Gasteiger partial charge in [-0.05, 0) is 57.2 Å². The number of amides is 1. The Balaban J connectivity index is 1.62. The molecule has 1 fully saturated rings. The molecule has 0 aliphatic carbocycles. The molecule has 1 aliphatic rings. The van der Waals surface area contributed by atoms with Crippen LogP contribution in [0.25, 0.3) is 21.0 Å². The van der Waals surface area contributed by atoms with E-state index >= 15 is 0 Å². The van der Waals surface area contributed by atoms with Crippen LogP contribution in [-0.2, 0) is 4.74 Å². The van der Waals surface area contributed by atoms with Crippen LogP contribution in [0.15, 0.2) is 29.6 Å². The standard InChI is InChI=1S/C23H30N4O2S/c1-15(2)29-12-9-25-22(28)16-4-5-17-19(14-16)26-21(18-6-13-30-20(17)18)27-10-7-23(3,24)8-11-27/h4-6,13-15H,7-12,24H2,1-3H3,(H,25,28). The molecule has 0 radical (unpaired) electrons. The third-order valence-corrected chi connectivity index (χ3v) is 6.63. The second kappa shape index (κ2) is 8.49. The molecule has 0 saturated carbocycles. The molecule has 1 aliphatic heterocycles. The summed E-state index contributed by atoms with van der Waals surface area (Å²) in [5.41, 5.74) is 7.69. The monoisotopic (exact) mass is 426 g/mol. The van der Waals surface area contributed by atoms with Crippen molar-refractivity contribution in [3.05, 3.63) is 35.2 Å². The van der Waals surface area contributed by atoms with Gasteiger partial charge in [0, 0.05) is 46.2 Å². The van der Waals surface area contributed by atoms with Crippen LogP contribution in [0.4, 0.5) is 5.82 Å². The third-order valence-electron chi connectivity index (χ3n) is 5.68. The predicted molar refractivity (Wildman–Crippen MR) is 125 cm³/mol. The van der Waals surface area contributed by atoms with E-state index in [1.807, 2.05) is 32.0 Å². The average molecular weight is 427 g/mol. The predicted octanol–water partition coefficient (Wildman–Crippen LogP) is 3.92. The van der Waals surface area contributed by atoms with E-state index < -0.39 is 0 Å². The lowest BCUT2D eigenvalue weighted by Gasteiger charge is -2.37. The van der Waals surface area contributed by atoms with Gasteiger partial charge in [-0.25, -0.2) is 4.98 Å². The highest BCUT2D eigenvalue weighted by Gasteiger charge is 2.27. The first kappa shape index (κ1) is 21.0. The summed E-state index contributed by atoms with van der Waals surface area (Å²) in [6, 6.07) is 7.93.